The molecule has 3 rings (SSSR count). The van der Waals surface area contributed by atoms with Gasteiger partial charge in [0, 0.05) is 45.1 Å². The van der Waals surface area contributed by atoms with E-state index >= 15 is 0 Å². The summed E-state index contributed by atoms with van der Waals surface area (Å²) in [5, 5.41) is 0. The van der Waals surface area contributed by atoms with Gasteiger partial charge in [-0.1, -0.05) is 6.07 Å². The van der Waals surface area contributed by atoms with Crippen LogP contribution in [0.15, 0.2) is 42.7 Å². The van der Waals surface area contributed by atoms with Gasteiger partial charge in [0.25, 0.3) is 0 Å². The summed E-state index contributed by atoms with van der Waals surface area (Å²) in [6.45, 7) is 4.81. The summed E-state index contributed by atoms with van der Waals surface area (Å²) in [4.78, 5) is 13.5. The standard InChI is InChI=1S/C15H19N5/c16-13-4-3-7-17-14(13)12-19-8-10-20(11-9-19)15-5-1-2-6-18-15/h1-7H,8-12,16H2. The normalized spacial score (nSPS) is 16.3. The predicted molar refractivity (Wildman–Crippen MR) is 80.4 cm³/mol. The number of nitrogen functional groups attached to an aromatic ring is 1. The molecule has 1 aliphatic heterocycles. The lowest BCUT2D eigenvalue weighted by molar-refractivity contribution is 0.247. The first-order chi connectivity index (χ1) is 9.83. The third-order valence-corrected chi connectivity index (χ3v) is 3.64. The van der Waals surface area contributed by atoms with Gasteiger partial charge in [-0.25, -0.2) is 4.98 Å². The Morgan fingerprint density at radius 1 is 0.950 bits per heavy atom. The van der Waals surface area contributed by atoms with Crippen molar-refractivity contribution in [2.45, 2.75) is 6.54 Å². The molecule has 0 aromatic carbocycles. The van der Waals surface area contributed by atoms with E-state index in [0.29, 0.717) is 0 Å². The largest absolute Gasteiger partial charge is 0.397 e. The van der Waals surface area contributed by atoms with Crippen molar-refractivity contribution >= 4 is 11.5 Å². The molecule has 1 saturated heterocycles. The molecule has 1 aliphatic rings. The minimum atomic E-state index is 0.777. The molecule has 3 heterocycles. The van der Waals surface area contributed by atoms with Crippen LogP contribution in [0.3, 0.4) is 0 Å². The molecule has 0 amide bonds. The number of hydrogen-bond donors (Lipinski definition) is 1. The van der Waals surface area contributed by atoms with Crippen molar-refractivity contribution < 1.29 is 0 Å². The third kappa shape index (κ3) is 2.88. The third-order valence-electron chi connectivity index (χ3n) is 3.64. The van der Waals surface area contributed by atoms with Crippen molar-refractivity contribution in [3.8, 4) is 0 Å². The Balaban J connectivity index is 1.58. The second kappa shape index (κ2) is 5.88. The molecule has 104 valence electrons. The fourth-order valence-corrected chi connectivity index (χ4v) is 2.47. The highest BCUT2D eigenvalue weighted by atomic mass is 15.3. The summed E-state index contributed by atoms with van der Waals surface area (Å²) in [6.07, 6.45) is 3.64. The number of nitrogens with two attached hydrogens (primary N) is 1. The maximum absolute atomic E-state index is 5.95. The number of nitrogens with zero attached hydrogens (tertiary/aromatic N) is 4. The molecule has 0 atom stereocenters. The molecule has 5 nitrogen and oxygen atoms in total. The molecule has 0 radical (unpaired) electrons. The Morgan fingerprint density at radius 2 is 1.75 bits per heavy atom. The summed E-state index contributed by atoms with van der Waals surface area (Å²) in [5.74, 6) is 1.06. The van der Waals surface area contributed by atoms with Crippen LogP contribution in [0, 0.1) is 0 Å². The highest BCUT2D eigenvalue weighted by Crippen LogP contribution is 2.15. The summed E-state index contributed by atoms with van der Waals surface area (Å²) < 4.78 is 0. The Morgan fingerprint density at radius 3 is 2.45 bits per heavy atom. The molecule has 20 heavy (non-hydrogen) atoms. The Kier molecular flexibility index (Phi) is 3.78. The van der Waals surface area contributed by atoms with Gasteiger partial charge in [0.2, 0.25) is 0 Å². The maximum atomic E-state index is 5.95. The maximum Gasteiger partial charge on any atom is 0.128 e. The molecule has 2 N–H and O–H groups in total. The number of anilines is 2. The zero-order valence-corrected chi connectivity index (χ0v) is 11.4. The molecular weight excluding hydrogens is 250 g/mol. The van der Waals surface area contributed by atoms with E-state index in [1.54, 1.807) is 6.20 Å². The Bertz CT molecular complexity index is 549. The van der Waals surface area contributed by atoms with Crippen LogP contribution >= 0.6 is 0 Å². The first-order valence-corrected chi connectivity index (χ1v) is 6.90. The second-order valence-electron chi connectivity index (χ2n) is 4.99. The first kappa shape index (κ1) is 12.9. The summed E-state index contributed by atoms with van der Waals surface area (Å²) in [7, 11) is 0. The average Bonchev–Trinajstić information content (AvgIpc) is 2.51. The SMILES string of the molecule is Nc1cccnc1CN1CCN(c2ccccn2)CC1. The molecule has 0 unspecified atom stereocenters. The smallest absolute Gasteiger partial charge is 0.128 e. The number of rotatable bonds is 3. The molecule has 0 bridgehead atoms. The Hall–Kier alpha value is -2.14. The average molecular weight is 269 g/mol. The molecule has 2 aromatic rings. The number of hydrogen-bond acceptors (Lipinski definition) is 5. The number of pyridine rings is 2. The lowest BCUT2D eigenvalue weighted by Gasteiger charge is -2.35. The molecular formula is C15H19N5. The lowest BCUT2D eigenvalue weighted by atomic mass is 10.2. The van der Waals surface area contributed by atoms with E-state index < -0.39 is 0 Å². The highest BCUT2D eigenvalue weighted by Gasteiger charge is 2.18. The van der Waals surface area contributed by atoms with E-state index in [2.05, 4.69) is 25.8 Å². The van der Waals surface area contributed by atoms with Gasteiger partial charge in [-0.15, -0.1) is 0 Å². The van der Waals surface area contributed by atoms with E-state index in [-0.39, 0.29) is 0 Å². The lowest BCUT2D eigenvalue weighted by Crippen LogP contribution is -2.46. The van der Waals surface area contributed by atoms with Crippen LogP contribution in [0.25, 0.3) is 0 Å². The zero-order valence-electron chi connectivity index (χ0n) is 11.4. The van der Waals surface area contributed by atoms with E-state index in [0.717, 1.165) is 49.9 Å². The van der Waals surface area contributed by atoms with Crippen molar-refractivity contribution in [3.63, 3.8) is 0 Å². The van der Waals surface area contributed by atoms with Crippen molar-refractivity contribution in [1.82, 2.24) is 14.9 Å². The quantitative estimate of drug-likeness (QED) is 0.912. The molecule has 0 spiro atoms. The molecule has 5 heteroatoms. The summed E-state index contributed by atoms with van der Waals surface area (Å²) in [6, 6.07) is 9.82. The molecule has 0 aliphatic carbocycles. The molecule has 1 fully saturated rings. The monoisotopic (exact) mass is 269 g/mol. The van der Waals surface area contributed by atoms with Gasteiger partial charge >= 0.3 is 0 Å². The molecule has 0 saturated carbocycles. The van der Waals surface area contributed by atoms with E-state index in [1.807, 2.05) is 30.5 Å². The topological polar surface area (TPSA) is 58.3 Å². The van der Waals surface area contributed by atoms with Crippen LogP contribution in [0.4, 0.5) is 11.5 Å². The zero-order chi connectivity index (χ0) is 13.8. The fourth-order valence-electron chi connectivity index (χ4n) is 2.47. The first-order valence-electron chi connectivity index (χ1n) is 6.90. The van der Waals surface area contributed by atoms with Crippen LogP contribution in [0.1, 0.15) is 5.69 Å². The van der Waals surface area contributed by atoms with Gasteiger partial charge < -0.3 is 10.6 Å². The van der Waals surface area contributed by atoms with Gasteiger partial charge in [0.1, 0.15) is 5.82 Å². The van der Waals surface area contributed by atoms with Crippen molar-refractivity contribution in [3.05, 3.63) is 48.4 Å². The number of aromatic nitrogens is 2. The summed E-state index contributed by atoms with van der Waals surface area (Å²) >= 11 is 0. The van der Waals surface area contributed by atoms with Gasteiger partial charge in [0.15, 0.2) is 0 Å². The van der Waals surface area contributed by atoms with Gasteiger partial charge in [-0.3, -0.25) is 9.88 Å². The van der Waals surface area contributed by atoms with E-state index in [4.69, 9.17) is 5.73 Å². The van der Waals surface area contributed by atoms with Crippen LogP contribution in [-0.2, 0) is 6.54 Å². The van der Waals surface area contributed by atoms with Crippen molar-refractivity contribution in [2.75, 3.05) is 36.8 Å². The van der Waals surface area contributed by atoms with Crippen LogP contribution < -0.4 is 10.6 Å². The second-order valence-corrected chi connectivity index (χ2v) is 4.99. The molecule has 2 aromatic heterocycles. The van der Waals surface area contributed by atoms with Crippen LogP contribution in [0.2, 0.25) is 0 Å². The van der Waals surface area contributed by atoms with Gasteiger partial charge in [-0.2, -0.15) is 0 Å². The van der Waals surface area contributed by atoms with E-state index in [9.17, 15) is 0 Å². The fraction of sp³-hybridized carbons (Fsp3) is 0.333. The van der Waals surface area contributed by atoms with Gasteiger partial charge in [-0.05, 0) is 24.3 Å². The van der Waals surface area contributed by atoms with E-state index in [1.165, 1.54) is 0 Å². The van der Waals surface area contributed by atoms with Crippen LogP contribution in [0.5, 0.6) is 0 Å². The Labute approximate surface area is 119 Å². The van der Waals surface area contributed by atoms with Crippen LogP contribution in [-0.4, -0.2) is 41.0 Å². The van der Waals surface area contributed by atoms with Gasteiger partial charge in [0.05, 0.1) is 11.4 Å². The van der Waals surface area contributed by atoms with Crippen molar-refractivity contribution in [2.24, 2.45) is 0 Å². The summed E-state index contributed by atoms with van der Waals surface area (Å²) in [5.41, 5.74) is 7.70. The minimum absolute atomic E-state index is 0.777. The minimum Gasteiger partial charge on any atom is -0.397 e. The predicted octanol–water partition coefficient (Wildman–Crippen LogP) is 1.38. The highest BCUT2D eigenvalue weighted by molar-refractivity contribution is 5.42. The van der Waals surface area contributed by atoms with Crippen molar-refractivity contribution in [1.29, 1.82) is 0 Å². The number of piperazine rings is 1.